The number of benzene rings is 2. The van der Waals surface area contributed by atoms with Crippen molar-refractivity contribution in [3.05, 3.63) is 65.2 Å². The second kappa shape index (κ2) is 7.90. The summed E-state index contributed by atoms with van der Waals surface area (Å²) in [7, 11) is 0. The maximum atomic E-state index is 12.0. The molecule has 0 aliphatic heterocycles. The third-order valence-electron chi connectivity index (χ3n) is 3.10. The molecule has 4 nitrogen and oxygen atoms in total. The van der Waals surface area contributed by atoms with Crippen LogP contribution in [0.4, 0.5) is 8.78 Å². The fraction of sp³-hybridized carbons (Fsp3) is 0.176. The lowest BCUT2D eigenvalue weighted by molar-refractivity contribution is -0.0498. The number of alkyl halides is 2. The third kappa shape index (κ3) is 5.08. The van der Waals surface area contributed by atoms with Gasteiger partial charge in [-0.15, -0.1) is 0 Å². The molecule has 0 saturated heterocycles. The Morgan fingerprint density at radius 3 is 2.61 bits per heavy atom. The highest BCUT2D eigenvalue weighted by Gasteiger charge is 2.06. The number of halogens is 2. The van der Waals surface area contributed by atoms with E-state index < -0.39 is 6.61 Å². The fourth-order valence-corrected chi connectivity index (χ4v) is 1.99. The number of nitriles is 1. The molecule has 1 N–H and O–H groups in total. The summed E-state index contributed by atoms with van der Waals surface area (Å²) < 4.78 is 28.3. The molecule has 6 heteroatoms. The van der Waals surface area contributed by atoms with E-state index in [1.807, 2.05) is 6.07 Å². The number of hydrogen-bond donors (Lipinski definition) is 1. The lowest BCUT2D eigenvalue weighted by Crippen LogP contribution is -2.25. The summed E-state index contributed by atoms with van der Waals surface area (Å²) in [5.41, 5.74) is 1.73. The Balaban J connectivity index is 1.84. The summed E-state index contributed by atoms with van der Waals surface area (Å²) in [5.74, 6) is -0.166. The molecule has 0 bridgehead atoms. The minimum Gasteiger partial charge on any atom is -0.435 e. The predicted octanol–water partition coefficient (Wildman–Crippen LogP) is 3.13. The van der Waals surface area contributed by atoms with Crippen LogP contribution in [0.5, 0.6) is 5.75 Å². The van der Waals surface area contributed by atoms with Gasteiger partial charge in [0.2, 0.25) is 0 Å². The topological polar surface area (TPSA) is 62.1 Å². The lowest BCUT2D eigenvalue weighted by Gasteiger charge is -2.07. The molecule has 0 aromatic heterocycles. The van der Waals surface area contributed by atoms with E-state index in [4.69, 9.17) is 5.26 Å². The Morgan fingerprint density at radius 1 is 1.22 bits per heavy atom. The van der Waals surface area contributed by atoms with Crippen molar-refractivity contribution in [3.8, 4) is 11.8 Å². The first-order valence-corrected chi connectivity index (χ1v) is 6.90. The smallest absolute Gasteiger partial charge is 0.387 e. The molecule has 118 valence electrons. The first-order valence-electron chi connectivity index (χ1n) is 6.90. The zero-order valence-electron chi connectivity index (χ0n) is 12.1. The molecule has 0 spiro atoms. The lowest BCUT2D eigenvalue weighted by atomic mass is 10.1. The number of carbonyl (C=O) groups excluding carboxylic acids is 1. The van der Waals surface area contributed by atoms with Gasteiger partial charge in [-0.05, 0) is 42.3 Å². The molecule has 0 atom stereocenters. The molecule has 0 fully saturated rings. The second-order valence-electron chi connectivity index (χ2n) is 4.72. The zero-order valence-corrected chi connectivity index (χ0v) is 12.1. The van der Waals surface area contributed by atoms with Crippen molar-refractivity contribution in [1.29, 1.82) is 5.26 Å². The molecule has 0 unspecified atom stereocenters. The van der Waals surface area contributed by atoms with Crippen LogP contribution in [-0.2, 0) is 6.42 Å². The van der Waals surface area contributed by atoms with Gasteiger partial charge in [-0.2, -0.15) is 14.0 Å². The van der Waals surface area contributed by atoms with Gasteiger partial charge in [0, 0.05) is 12.1 Å². The number of hydrogen-bond acceptors (Lipinski definition) is 3. The maximum Gasteiger partial charge on any atom is 0.387 e. The molecule has 2 rings (SSSR count). The number of carbonyl (C=O) groups is 1. The van der Waals surface area contributed by atoms with E-state index in [1.165, 1.54) is 18.2 Å². The van der Waals surface area contributed by atoms with Crippen molar-refractivity contribution in [1.82, 2.24) is 5.32 Å². The summed E-state index contributed by atoms with van der Waals surface area (Å²) in [6, 6.07) is 14.7. The van der Waals surface area contributed by atoms with E-state index in [2.05, 4.69) is 10.1 Å². The van der Waals surface area contributed by atoms with Gasteiger partial charge in [0.25, 0.3) is 5.91 Å². The molecule has 2 aromatic carbocycles. The minimum absolute atomic E-state index is 0.0982. The Hall–Kier alpha value is -2.94. The first-order chi connectivity index (χ1) is 11.1. The van der Waals surface area contributed by atoms with E-state index in [0.717, 1.165) is 5.56 Å². The summed E-state index contributed by atoms with van der Waals surface area (Å²) in [5, 5.41) is 11.6. The number of amides is 1. The van der Waals surface area contributed by atoms with Crippen molar-refractivity contribution >= 4 is 5.91 Å². The molecular weight excluding hydrogens is 302 g/mol. The van der Waals surface area contributed by atoms with Crippen molar-refractivity contribution in [2.24, 2.45) is 0 Å². The number of ether oxygens (including phenoxy) is 1. The number of nitrogens with one attached hydrogen (secondary N) is 1. The van der Waals surface area contributed by atoms with E-state index in [1.54, 1.807) is 30.3 Å². The fourth-order valence-electron chi connectivity index (χ4n) is 1.99. The Kier molecular flexibility index (Phi) is 5.64. The van der Waals surface area contributed by atoms with Crippen LogP contribution in [-0.4, -0.2) is 19.1 Å². The van der Waals surface area contributed by atoms with Crippen LogP contribution in [0.15, 0.2) is 48.5 Å². The zero-order chi connectivity index (χ0) is 16.7. The van der Waals surface area contributed by atoms with Gasteiger partial charge in [0.15, 0.2) is 0 Å². The standard InChI is InChI=1S/C17H14F2N2O2/c18-17(19)23-15-6-4-12(5-7-15)8-9-21-16(22)14-3-1-2-13(10-14)11-20/h1-7,10,17H,8-9H2,(H,21,22). The van der Waals surface area contributed by atoms with E-state index in [0.29, 0.717) is 24.1 Å². The van der Waals surface area contributed by atoms with Gasteiger partial charge in [-0.25, -0.2) is 0 Å². The molecule has 1 amide bonds. The highest BCUT2D eigenvalue weighted by Crippen LogP contribution is 2.15. The quantitative estimate of drug-likeness (QED) is 0.890. The molecule has 0 radical (unpaired) electrons. The molecule has 23 heavy (non-hydrogen) atoms. The predicted molar refractivity (Wildman–Crippen MR) is 80.3 cm³/mol. The van der Waals surface area contributed by atoms with Crippen molar-refractivity contribution in [2.75, 3.05) is 6.54 Å². The average Bonchev–Trinajstić information content (AvgIpc) is 2.56. The molecule has 0 saturated carbocycles. The Bertz CT molecular complexity index is 709. The first kappa shape index (κ1) is 16.4. The summed E-state index contributed by atoms with van der Waals surface area (Å²) in [6.45, 7) is -2.45. The van der Waals surface area contributed by atoms with Crippen molar-refractivity contribution in [2.45, 2.75) is 13.0 Å². The molecule has 0 aliphatic carbocycles. The SMILES string of the molecule is N#Cc1cccc(C(=O)NCCc2ccc(OC(F)F)cc2)c1. The van der Waals surface area contributed by atoms with Gasteiger partial charge < -0.3 is 10.1 Å². The van der Waals surface area contributed by atoms with Crippen molar-refractivity contribution < 1.29 is 18.3 Å². The average molecular weight is 316 g/mol. The maximum absolute atomic E-state index is 12.0. The highest BCUT2D eigenvalue weighted by atomic mass is 19.3. The van der Waals surface area contributed by atoms with E-state index in [9.17, 15) is 13.6 Å². The van der Waals surface area contributed by atoms with Crippen LogP contribution in [0.2, 0.25) is 0 Å². The third-order valence-corrected chi connectivity index (χ3v) is 3.10. The molecule has 2 aromatic rings. The molecule has 0 aliphatic rings. The van der Waals surface area contributed by atoms with Crippen LogP contribution in [0.1, 0.15) is 21.5 Å². The van der Waals surface area contributed by atoms with Gasteiger partial charge in [0.1, 0.15) is 5.75 Å². The van der Waals surface area contributed by atoms with E-state index >= 15 is 0 Å². The van der Waals surface area contributed by atoms with Crippen molar-refractivity contribution in [3.63, 3.8) is 0 Å². The summed E-state index contributed by atoms with van der Waals surface area (Å²) in [4.78, 5) is 12.0. The van der Waals surface area contributed by atoms with Gasteiger partial charge in [0.05, 0.1) is 11.6 Å². The normalized spacial score (nSPS) is 10.2. The van der Waals surface area contributed by atoms with Gasteiger partial charge in [-0.3, -0.25) is 4.79 Å². The molecular formula is C17H14F2N2O2. The van der Waals surface area contributed by atoms with Gasteiger partial charge >= 0.3 is 6.61 Å². The van der Waals surface area contributed by atoms with E-state index in [-0.39, 0.29) is 11.7 Å². The van der Waals surface area contributed by atoms with Crippen LogP contribution < -0.4 is 10.1 Å². The van der Waals surface area contributed by atoms with Crippen LogP contribution in [0.3, 0.4) is 0 Å². The molecule has 0 heterocycles. The van der Waals surface area contributed by atoms with Crippen LogP contribution in [0.25, 0.3) is 0 Å². The number of rotatable bonds is 6. The monoisotopic (exact) mass is 316 g/mol. The van der Waals surface area contributed by atoms with Gasteiger partial charge in [-0.1, -0.05) is 18.2 Å². The minimum atomic E-state index is -2.84. The Labute approximate surface area is 132 Å². The van der Waals surface area contributed by atoms with Crippen LogP contribution >= 0.6 is 0 Å². The Morgan fingerprint density at radius 2 is 1.96 bits per heavy atom. The second-order valence-corrected chi connectivity index (χ2v) is 4.72. The number of nitrogens with zero attached hydrogens (tertiary/aromatic N) is 1. The highest BCUT2D eigenvalue weighted by molar-refractivity contribution is 5.94. The summed E-state index contributed by atoms with van der Waals surface area (Å²) >= 11 is 0. The summed E-state index contributed by atoms with van der Waals surface area (Å²) in [6.07, 6.45) is 0.554. The largest absolute Gasteiger partial charge is 0.435 e. The van der Waals surface area contributed by atoms with Crippen LogP contribution in [0, 0.1) is 11.3 Å².